The van der Waals surface area contributed by atoms with Gasteiger partial charge in [-0.1, -0.05) is 13.8 Å². The molecule has 0 radical (unpaired) electrons. The lowest BCUT2D eigenvalue weighted by atomic mass is 9.74. The summed E-state index contributed by atoms with van der Waals surface area (Å²) in [7, 11) is 0. The fraction of sp³-hybridized carbons (Fsp3) is 0.727. The smallest absolute Gasteiger partial charge is 0.183 e. The van der Waals surface area contributed by atoms with Crippen molar-refractivity contribution in [1.29, 1.82) is 0 Å². The van der Waals surface area contributed by atoms with E-state index in [2.05, 4.69) is 31.1 Å². The van der Waals surface area contributed by atoms with Crippen LogP contribution in [0.15, 0.2) is 6.20 Å². The molecule has 0 atom stereocenters. The predicted molar refractivity (Wildman–Crippen MR) is 61.8 cm³/mol. The van der Waals surface area contributed by atoms with E-state index in [1.807, 2.05) is 6.20 Å². The molecule has 0 spiro atoms. The second-order valence-corrected chi connectivity index (χ2v) is 5.83. The monoisotopic (exact) mass is 210 g/mol. The van der Waals surface area contributed by atoms with Gasteiger partial charge in [-0.3, -0.25) is 0 Å². The molecule has 78 valence electrons. The normalized spacial score (nSPS) is 26.3. The van der Waals surface area contributed by atoms with Crippen LogP contribution in [-0.2, 0) is 0 Å². The van der Waals surface area contributed by atoms with Crippen LogP contribution in [0.2, 0.25) is 0 Å². The predicted octanol–water partition coefficient (Wildman–Crippen LogP) is 3.30. The van der Waals surface area contributed by atoms with Crippen LogP contribution in [0.3, 0.4) is 0 Å². The molecule has 3 heteroatoms. The van der Waals surface area contributed by atoms with Crippen molar-refractivity contribution in [3.63, 3.8) is 0 Å². The number of nitrogens with zero attached hydrogens (tertiary/aromatic N) is 1. The average Bonchev–Trinajstić information content (AvgIpc) is 2.42. The van der Waals surface area contributed by atoms with E-state index < -0.39 is 0 Å². The van der Waals surface area contributed by atoms with Gasteiger partial charge in [-0.25, -0.2) is 4.98 Å². The molecule has 0 saturated heterocycles. The number of anilines is 1. The van der Waals surface area contributed by atoms with Crippen molar-refractivity contribution in [2.45, 2.75) is 39.7 Å². The minimum atomic E-state index is 0.674. The third-order valence-electron chi connectivity index (χ3n) is 3.07. The summed E-state index contributed by atoms with van der Waals surface area (Å²) in [4.78, 5) is 5.60. The van der Waals surface area contributed by atoms with Crippen LogP contribution in [0.5, 0.6) is 0 Å². The summed E-state index contributed by atoms with van der Waals surface area (Å²) in [6.07, 6.45) is 4.57. The summed E-state index contributed by atoms with van der Waals surface area (Å²) < 4.78 is 0. The van der Waals surface area contributed by atoms with Crippen LogP contribution in [0.4, 0.5) is 5.13 Å². The highest BCUT2D eigenvalue weighted by molar-refractivity contribution is 7.15. The SMILES string of the molecule is Cc1cnc(NC2CC(C(C)C)C2)s1. The summed E-state index contributed by atoms with van der Waals surface area (Å²) in [5, 5.41) is 4.58. The lowest BCUT2D eigenvalue weighted by Gasteiger charge is -2.38. The lowest BCUT2D eigenvalue weighted by molar-refractivity contribution is 0.212. The van der Waals surface area contributed by atoms with E-state index in [1.165, 1.54) is 17.7 Å². The Kier molecular flexibility index (Phi) is 2.77. The van der Waals surface area contributed by atoms with Crippen molar-refractivity contribution in [2.24, 2.45) is 11.8 Å². The van der Waals surface area contributed by atoms with Gasteiger partial charge in [0.25, 0.3) is 0 Å². The molecule has 0 amide bonds. The first-order valence-electron chi connectivity index (χ1n) is 5.34. The van der Waals surface area contributed by atoms with Crippen molar-refractivity contribution in [3.05, 3.63) is 11.1 Å². The first-order valence-corrected chi connectivity index (χ1v) is 6.15. The maximum atomic E-state index is 4.31. The van der Waals surface area contributed by atoms with Crippen LogP contribution in [0.25, 0.3) is 0 Å². The Morgan fingerprint density at radius 1 is 1.50 bits per heavy atom. The molecule has 0 aliphatic heterocycles. The van der Waals surface area contributed by atoms with Crippen LogP contribution in [-0.4, -0.2) is 11.0 Å². The first-order chi connectivity index (χ1) is 6.65. The average molecular weight is 210 g/mol. The van der Waals surface area contributed by atoms with Crippen molar-refractivity contribution in [2.75, 3.05) is 5.32 Å². The zero-order valence-corrected chi connectivity index (χ0v) is 9.90. The molecule has 1 aromatic rings. The Labute approximate surface area is 89.8 Å². The quantitative estimate of drug-likeness (QED) is 0.828. The summed E-state index contributed by atoms with van der Waals surface area (Å²) in [6.45, 7) is 6.73. The molecule has 14 heavy (non-hydrogen) atoms. The van der Waals surface area contributed by atoms with Gasteiger partial charge in [0.2, 0.25) is 0 Å². The van der Waals surface area contributed by atoms with Gasteiger partial charge >= 0.3 is 0 Å². The largest absolute Gasteiger partial charge is 0.359 e. The van der Waals surface area contributed by atoms with Crippen molar-refractivity contribution >= 4 is 16.5 Å². The minimum absolute atomic E-state index is 0.674. The third kappa shape index (κ3) is 2.08. The molecule has 0 aromatic carbocycles. The molecule has 1 N–H and O–H groups in total. The van der Waals surface area contributed by atoms with Crippen LogP contribution in [0, 0.1) is 18.8 Å². The number of hydrogen-bond acceptors (Lipinski definition) is 3. The number of nitrogens with one attached hydrogen (secondary N) is 1. The molecule has 1 saturated carbocycles. The molecule has 2 rings (SSSR count). The van der Waals surface area contributed by atoms with Crippen molar-refractivity contribution < 1.29 is 0 Å². The highest BCUT2D eigenvalue weighted by atomic mass is 32.1. The van der Waals surface area contributed by atoms with E-state index in [0.717, 1.165) is 17.0 Å². The standard InChI is InChI=1S/C11H18N2S/c1-7(2)9-4-10(5-9)13-11-12-6-8(3)14-11/h6-7,9-10H,4-5H2,1-3H3,(H,12,13). The fourth-order valence-corrected chi connectivity index (χ4v) is 2.66. The topological polar surface area (TPSA) is 24.9 Å². The van der Waals surface area contributed by atoms with Crippen molar-refractivity contribution in [1.82, 2.24) is 4.98 Å². The van der Waals surface area contributed by atoms with Crippen molar-refractivity contribution in [3.8, 4) is 0 Å². The van der Waals surface area contributed by atoms with Crippen LogP contribution < -0.4 is 5.32 Å². The molecule has 1 fully saturated rings. The summed E-state index contributed by atoms with van der Waals surface area (Å²) in [5.41, 5.74) is 0. The van der Waals surface area contributed by atoms with E-state index in [1.54, 1.807) is 11.3 Å². The molecule has 0 unspecified atom stereocenters. The number of rotatable bonds is 3. The van der Waals surface area contributed by atoms with Gasteiger partial charge in [-0.05, 0) is 31.6 Å². The number of thiazole rings is 1. The molecule has 1 aromatic heterocycles. The Morgan fingerprint density at radius 3 is 2.71 bits per heavy atom. The Morgan fingerprint density at radius 2 is 2.21 bits per heavy atom. The number of hydrogen-bond donors (Lipinski definition) is 1. The Bertz CT molecular complexity index is 300. The molecule has 1 aliphatic rings. The fourth-order valence-electron chi connectivity index (χ4n) is 1.92. The van der Waals surface area contributed by atoms with Gasteiger partial charge in [0.05, 0.1) is 0 Å². The van der Waals surface area contributed by atoms with Crippen LogP contribution >= 0.6 is 11.3 Å². The lowest BCUT2D eigenvalue weighted by Crippen LogP contribution is -2.37. The maximum Gasteiger partial charge on any atom is 0.183 e. The molecule has 0 bridgehead atoms. The second kappa shape index (κ2) is 3.89. The highest BCUT2D eigenvalue weighted by Crippen LogP contribution is 2.35. The van der Waals surface area contributed by atoms with Gasteiger partial charge in [-0.2, -0.15) is 0 Å². The molecular formula is C11H18N2S. The summed E-state index contributed by atoms with van der Waals surface area (Å²) >= 11 is 1.75. The van der Waals surface area contributed by atoms with E-state index in [0.29, 0.717) is 6.04 Å². The molecule has 1 aliphatic carbocycles. The molecular weight excluding hydrogens is 192 g/mol. The Balaban J connectivity index is 1.79. The summed E-state index contributed by atoms with van der Waals surface area (Å²) in [6, 6.07) is 0.674. The van der Waals surface area contributed by atoms with Gasteiger partial charge < -0.3 is 5.32 Å². The van der Waals surface area contributed by atoms with Gasteiger partial charge in [0.15, 0.2) is 5.13 Å². The van der Waals surface area contributed by atoms with Gasteiger partial charge in [0.1, 0.15) is 0 Å². The zero-order chi connectivity index (χ0) is 10.1. The van der Waals surface area contributed by atoms with Gasteiger partial charge in [0, 0.05) is 17.1 Å². The van der Waals surface area contributed by atoms with E-state index in [9.17, 15) is 0 Å². The van der Waals surface area contributed by atoms with Crippen LogP contribution in [0.1, 0.15) is 31.6 Å². The molecule has 1 heterocycles. The highest BCUT2D eigenvalue weighted by Gasteiger charge is 2.31. The molecule has 2 nitrogen and oxygen atoms in total. The summed E-state index contributed by atoms with van der Waals surface area (Å²) in [5.74, 6) is 1.76. The zero-order valence-electron chi connectivity index (χ0n) is 9.08. The van der Waals surface area contributed by atoms with E-state index in [-0.39, 0.29) is 0 Å². The Hall–Kier alpha value is -0.570. The van der Waals surface area contributed by atoms with Gasteiger partial charge in [-0.15, -0.1) is 11.3 Å². The first kappa shape index (κ1) is 9.97. The van der Waals surface area contributed by atoms with E-state index in [4.69, 9.17) is 0 Å². The minimum Gasteiger partial charge on any atom is -0.359 e. The second-order valence-electron chi connectivity index (χ2n) is 4.59. The number of aromatic nitrogens is 1. The third-order valence-corrected chi connectivity index (χ3v) is 3.91. The number of aryl methyl sites for hydroxylation is 1. The van der Waals surface area contributed by atoms with E-state index >= 15 is 0 Å². The maximum absolute atomic E-state index is 4.31.